The van der Waals surface area contributed by atoms with Crippen molar-refractivity contribution in [1.29, 1.82) is 0 Å². The zero-order valence-electron chi connectivity index (χ0n) is 23.4. The molecule has 5 aromatic carbocycles. The van der Waals surface area contributed by atoms with Gasteiger partial charge in [0.25, 0.3) is 5.69 Å². The number of thioether (sulfide) groups is 1. The third kappa shape index (κ3) is 6.55. The van der Waals surface area contributed by atoms with Gasteiger partial charge in [0.05, 0.1) is 15.9 Å². The molecule has 0 aliphatic heterocycles. The van der Waals surface area contributed by atoms with Crippen LogP contribution in [0.4, 0.5) is 5.69 Å². The summed E-state index contributed by atoms with van der Waals surface area (Å²) in [6.45, 7) is 0. The van der Waals surface area contributed by atoms with E-state index in [1.807, 2.05) is 84.9 Å². The summed E-state index contributed by atoms with van der Waals surface area (Å²) in [6.07, 6.45) is 0.294. The van der Waals surface area contributed by atoms with Crippen LogP contribution in [0, 0.1) is 10.1 Å². The molecular weight excluding hydrogens is 595 g/mol. The number of nitro groups is 1. The van der Waals surface area contributed by atoms with Crippen molar-refractivity contribution in [3.05, 3.63) is 154 Å². The molecule has 0 radical (unpaired) electrons. The number of hydrogen-bond acceptors (Lipinski definition) is 7. The number of non-ortho nitro benzene ring substituents is 1. The summed E-state index contributed by atoms with van der Waals surface area (Å²) >= 11 is 1.44. The van der Waals surface area contributed by atoms with E-state index in [4.69, 9.17) is 0 Å². The van der Waals surface area contributed by atoms with Gasteiger partial charge in [-0.15, -0.1) is 10.2 Å². The van der Waals surface area contributed by atoms with E-state index in [0.717, 1.165) is 21.9 Å². The molecule has 6 rings (SSSR count). The number of nitrogens with zero attached hydrogens (tertiary/aromatic N) is 4. The van der Waals surface area contributed by atoms with E-state index in [9.17, 15) is 18.5 Å². The number of hydrogen-bond donors (Lipinski definition) is 1. The van der Waals surface area contributed by atoms with Crippen LogP contribution in [0.3, 0.4) is 0 Å². The Bertz CT molecular complexity index is 2020. The normalized spacial score (nSPS) is 12.3. The number of sulfonamides is 1. The minimum Gasteiger partial charge on any atom is -0.273 e. The second kappa shape index (κ2) is 12.8. The van der Waals surface area contributed by atoms with Crippen molar-refractivity contribution in [2.24, 2.45) is 0 Å². The smallest absolute Gasteiger partial charge is 0.269 e. The van der Waals surface area contributed by atoms with Gasteiger partial charge in [-0.3, -0.25) is 14.7 Å². The maximum atomic E-state index is 13.9. The first kappa shape index (κ1) is 29.2. The summed E-state index contributed by atoms with van der Waals surface area (Å²) in [5.74, 6) is 0.959. The van der Waals surface area contributed by atoms with Crippen molar-refractivity contribution < 1.29 is 13.3 Å². The molecule has 0 amide bonds. The molecule has 220 valence electrons. The molecule has 1 aromatic heterocycles. The number of fused-ring (bicyclic) bond motifs is 1. The van der Waals surface area contributed by atoms with E-state index in [-0.39, 0.29) is 10.6 Å². The van der Waals surface area contributed by atoms with Gasteiger partial charge in [0.2, 0.25) is 10.0 Å². The van der Waals surface area contributed by atoms with E-state index >= 15 is 0 Å². The van der Waals surface area contributed by atoms with Gasteiger partial charge in [-0.05, 0) is 52.6 Å². The number of benzene rings is 5. The maximum Gasteiger partial charge on any atom is 0.269 e. The van der Waals surface area contributed by atoms with E-state index in [0.29, 0.717) is 28.8 Å². The summed E-state index contributed by atoms with van der Waals surface area (Å²) < 4.78 is 32.4. The average molecular weight is 622 g/mol. The van der Waals surface area contributed by atoms with Crippen molar-refractivity contribution in [2.75, 3.05) is 0 Å². The van der Waals surface area contributed by atoms with Gasteiger partial charge >= 0.3 is 0 Å². The van der Waals surface area contributed by atoms with E-state index in [1.165, 1.54) is 23.9 Å². The predicted octanol–water partition coefficient (Wildman–Crippen LogP) is 6.88. The van der Waals surface area contributed by atoms with Crippen LogP contribution < -0.4 is 4.72 Å². The van der Waals surface area contributed by atoms with Gasteiger partial charge in [-0.1, -0.05) is 103 Å². The molecule has 1 N–H and O–H groups in total. The van der Waals surface area contributed by atoms with E-state index < -0.39 is 21.0 Å². The van der Waals surface area contributed by atoms with Gasteiger partial charge in [0, 0.05) is 23.6 Å². The lowest BCUT2D eigenvalue weighted by Gasteiger charge is -2.20. The summed E-state index contributed by atoms with van der Waals surface area (Å²) in [4.78, 5) is 11.0. The SMILES string of the molecule is O=[N+]([O-])c1ccc(-n2c(SCc3ccccc3)nnc2[C@@H](Cc2ccccc2)NS(=O)(=O)c2ccc3ccccc3c2)cc1. The first-order valence-corrected chi connectivity index (χ1v) is 16.3. The Balaban J connectivity index is 1.43. The van der Waals surface area contributed by atoms with E-state index in [2.05, 4.69) is 14.9 Å². The van der Waals surface area contributed by atoms with Crippen LogP contribution in [0.2, 0.25) is 0 Å². The molecule has 0 aliphatic rings. The summed E-state index contributed by atoms with van der Waals surface area (Å²) in [7, 11) is -4.01. The molecule has 0 unspecified atom stereocenters. The van der Waals surface area contributed by atoms with Crippen LogP contribution in [-0.2, 0) is 22.2 Å². The minimum absolute atomic E-state index is 0.0558. The van der Waals surface area contributed by atoms with Gasteiger partial charge < -0.3 is 0 Å². The van der Waals surface area contributed by atoms with Crippen molar-refractivity contribution in [2.45, 2.75) is 28.3 Å². The standard InChI is InChI=1S/C33H27N5O4S2/c39-38(40)29-18-16-28(17-19-29)37-32(34-35-33(37)43-23-25-11-5-2-6-12-25)31(21-24-9-3-1-4-10-24)36-44(41,42)30-20-15-26-13-7-8-14-27(26)22-30/h1-20,22,31,36H,21,23H2/t31-/m1/s1. The molecule has 0 fully saturated rings. The molecule has 1 atom stereocenters. The van der Waals surface area contributed by atoms with Crippen LogP contribution in [0.5, 0.6) is 0 Å². The third-order valence-corrected chi connectivity index (χ3v) is 9.58. The first-order chi connectivity index (χ1) is 21.4. The second-order valence-corrected chi connectivity index (χ2v) is 12.8. The van der Waals surface area contributed by atoms with Crippen LogP contribution >= 0.6 is 11.8 Å². The second-order valence-electron chi connectivity index (χ2n) is 10.1. The van der Waals surface area contributed by atoms with Gasteiger partial charge in [0.1, 0.15) is 0 Å². The molecule has 9 nitrogen and oxygen atoms in total. The minimum atomic E-state index is -4.01. The molecule has 11 heteroatoms. The average Bonchev–Trinajstić information content (AvgIpc) is 3.48. The largest absolute Gasteiger partial charge is 0.273 e. The molecule has 1 heterocycles. The molecule has 0 spiro atoms. The van der Waals surface area contributed by atoms with Gasteiger partial charge in [-0.2, -0.15) is 0 Å². The summed E-state index contributed by atoms with van der Waals surface area (Å²) in [6, 6.07) is 37.3. The predicted molar refractivity (Wildman–Crippen MR) is 171 cm³/mol. The Morgan fingerprint density at radius 3 is 2.09 bits per heavy atom. The molecule has 44 heavy (non-hydrogen) atoms. The highest BCUT2D eigenvalue weighted by Gasteiger charge is 2.28. The Labute approximate surface area is 258 Å². The Kier molecular flexibility index (Phi) is 8.51. The lowest BCUT2D eigenvalue weighted by molar-refractivity contribution is -0.384. The zero-order chi connectivity index (χ0) is 30.5. The molecular formula is C33H27N5O4S2. The van der Waals surface area contributed by atoms with Crippen molar-refractivity contribution in [3.8, 4) is 5.69 Å². The zero-order valence-corrected chi connectivity index (χ0v) is 25.0. The Morgan fingerprint density at radius 2 is 1.41 bits per heavy atom. The van der Waals surface area contributed by atoms with Crippen LogP contribution in [0.1, 0.15) is 23.0 Å². The van der Waals surface area contributed by atoms with Crippen LogP contribution in [0.15, 0.2) is 137 Å². The fourth-order valence-corrected chi connectivity index (χ4v) is 7.06. The maximum absolute atomic E-state index is 13.9. The molecule has 0 bridgehead atoms. The van der Waals surface area contributed by atoms with Crippen LogP contribution in [-0.4, -0.2) is 28.1 Å². The molecule has 0 saturated heterocycles. The Morgan fingerprint density at radius 1 is 0.773 bits per heavy atom. The van der Waals surface area contributed by atoms with Crippen LogP contribution in [0.25, 0.3) is 16.5 Å². The van der Waals surface area contributed by atoms with Gasteiger partial charge in [0.15, 0.2) is 11.0 Å². The first-order valence-electron chi connectivity index (χ1n) is 13.8. The third-order valence-electron chi connectivity index (χ3n) is 7.11. The van der Waals surface area contributed by atoms with Crippen molar-refractivity contribution >= 4 is 38.2 Å². The number of nitro benzene ring substituents is 1. The number of rotatable bonds is 11. The molecule has 0 saturated carbocycles. The highest BCUT2D eigenvalue weighted by Crippen LogP contribution is 2.31. The fraction of sp³-hybridized carbons (Fsp3) is 0.0909. The lowest BCUT2D eigenvalue weighted by Crippen LogP contribution is -2.32. The number of nitrogens with one attached hydrogen (secondary N) is 1. The Hall–Kier alpha value is -4.84. The highest BCUT2D eigenvalue weighted by molar-refractivity contribution is 7.98. The topological polar surface area (TPSA) is 120 Å². The van der Waals surface area contributed by atoms with Crippen molar-refractivity contribution in [1.82, 2.24) is 19.5 Å². The molecule has 0 aliphatic carbocycles. The molecule has 6 aromatic rings. The fourth-order valence-electron chi connectivity index (χ4n) is 4.91. The quantitative estimate of drug-likeness (QED) is 0.0951. The number of aromatic nitrogens is 3. The lowest BCUT2D eigenvalue weighted by atomic mass is 10.1. The monoisotopic (exact) mass is 621 g/mol. The van der Waals surface area contributed by atoms with Crippen molar-refractivity contribution in [3.63, 3.8) is 0 Å². The van der Waals surface area contributed by atoms with Gasteiger partial charge in [-0.25, -0.2) is 13.1 Å². The highest BCUT2D eigenvalue weighted by atomic mass is 32.2. The summed E-state index contributed by atoms with van der Waals surface area (Å²) in [5, 5.41) is 22.6. The summed E-state index contributed by atoms with van der Waals surface area (Å²) in [5.41, 5.74) is 2.50. The van der Waals surface area contributed by atoms with E-state index in [1.54, 1.807) is 34.9 Å².